The zero-order chi connectivity index (χ0) is 16.3. The van der Waals surface area contributed by atoms with E-state index in [0.29, 0.717) is 0 Å². The van der Waals surface area contributed by atoms with Crippen molar-refractivity contribution in [3.8, 4) is 0 Å². The summed E-state index contributed by atoms with van der Waals surface area (Å²) in [5.41, 5.74) is 0.505. The average Bonchev–Trinajstić information content (AvgIpc) is 3.44. The van der Waals surface area contributed by atoms with E-state index in [4.69, 9.17) is 23.7 Å². The highest BCUT2D eigenvalue weighted by molar-refractivity contribution is 6.08. The Morgan fingerprint density at radius 3 is 1.70 bits per heavy atom. The van der Waals surface area contributed by atoms with Gasteiger partial charge in [-0.05, 0) is 0 Å². The van der Waals surface area contributed by atoms with Crippen LogP contribution in [-0.4, -0.2) is 56.4 Å². The minimum absolute atomic E-state index is 0.0282. The molecule has 1 aliphatic carbocycles. The summed E-state index contributed by atoms with van der Waals surface area (Å²) in [7, 11) is 2.40. The van der Waals surface area contributed by atoms with Gasteiger partial charge >= 0.3 is 11.9 Å². The smallest absolute Gasteiger partial charge is 0.339 e. The standard InChI is InChI=1S/C15H12O8/c1-19-14(17)7-5-3-21-4-6(8(7)15(18)20-2)11-13(23-11)9(16)12-10(5)22-12/h3-4,10-13H,1-2H3/t10-,11+,12-,13+. The lowest BCUT2D eigenvalue weighted by molar-refractivity contribution is -0.139. The van der Waals surface area contributed by atoms with E-state index in [1.165, 1.54) is 26.7 Å². The lowest BCUT2D eigenvalue weighted by atomic mass is 9.93. The summed E-state index contributed by atoms with van der Waals surface area (Å²) >= 11 is 0. The van der Waals surface area contributed by atoms with Crippen molar-refractivity contribution in [3.05, 3.63) is 34.8 Å². The molecule has 4 aliphatic rings. The van der Waals surface area contributed by atoms with Gasteiger partial charge in [-0.25, -0.2) is 9.59 Å². The van der Waals surface area contributed by atoms with Crippen molar-refractivity contribution in [2.45, 2.75) is 24.4 Å². The molecule has 2 bridgehead atoms. The zero-order valence-corrected chi connectivity index (χ0v) is 12.2. The molecule has 0 saturated carbocycles. The number of ether oxygens (including phenoxy) is 5. The van der Waals surface area contributed by atoms with Crippen LogP contribution in [0.25, 0.3) is 0 Å². The molecule has 0 amide bonds. The first-order valence-corrected chi connectivity index (χ1v) is 6.90. The molecular formula is C15H12O8. The number of epoxide rings is 2. The molecule has 4 rings (SSSR count). The Hall–Kier alpha value is -2.45. The van der Waals surface area contributed by atoms with E-state index in [-0.39, 0.29) is 28.1 Å². The monoisotopic (exact) mass is 320 g/mol. The van der Waals surface area contributed by atoms with Crippen LogP contribution in [-0.2, 0) is 38.1 Å². The number of ketones is 1. The first-order chi connectivity index (χ1) is 11.1. The van der Waals surface area contributed by atoms with Crippen LogP contribution in [0.1, 0.15) is 0 Å². The summed E-state index contributed by atoms with van der Waals surface area (Å²) in [4.78, 5) is 36.8. The summed E-state index contributed by atoms with van der Waals surface area (Å²) in [6, 6.07) is 0. The predicted molar refractivity (Wildman–Crippen MR) is 70.6 cm³/mol. The lowest BCUT2D eigenvalue weighted by Crippen LogP contribution is -2.20. The predicted octanol–water partition coefficient (Wildman–Crippen LogP) is -0.456. The van der Waals surface area contributed by atoms with E-state index in [1.807, 2.05) is 0 Å². The van der Waals surface area contributed by atoms with Gasteiger partial charge in [-0.3, -0.25) is 4.79 Å². The van der Waals surface area contributed by atoms with Gasteiger partial charge in [-0.2, -0.15) is 0 Å². The molecule has 0 radical (unpaired) electrons. The molecule has 23 heavy (non-hydrogen) atoms. The van der Waals surface area contributed by atoms with Crippen LogP contribution in [0.5, 0.6) is 0 Å². The second-order valence-corrected chi connectivity index (χ2v) is 5.37. The van der Waals surface area contributed by atoms with Crippen molar-refractivity contribution < 1.29 is 38.1 Å². The second kappa shape index (κ2) is 4.77. The number of esters is 2. The fourth-order valence-electron chi connectivity index (χ4n) is 2.94. The second-order valence-electron chi connectivity index (χ2n) is 5.37. The number of carbonyl (C=O) groups excluding carboxylic acids is 3. The van der Waals surface area contributed by atoms with Crippen LogP contribution in [0, 0.1) is 0 Å². The average molecular weight is 320 g/mol. The molecule has 8 nitrogen and oxygen atoms in total. The quantitative estimate of drug-likeness (QED) is 0.497. The lowest BCUT2D eigenvalue weighted by Gasteiger charge is -2.12. The minimum atomic E-state index is -0.742. The molecule has 2 fully saturated rings. The van der Waals surface area contributed by atoms with Gasteiger partial charge in [0.1, 0.15) is 24.4 Å². The molecule has 120 valence electrons. The number of hydrogen-bond acceptors (Lipinski definition) is 8. The van der Waals surface area contributed by atoms with E-state index in [9.17, 15) is 14.4 Å². The summed E-state index contributed by atoms with van der Waals surface area (Å²) in [5, 5.41) is 0. The van der Waals surface area contributed by atoms with E-state index in [2.05, 4.69) is 0 Å². The van der Waals surface area contributed by atoms with E-state index < -0.39 is 36.4 Å². The molecule has 0 aromatic rings. The SMILES string of the molecule is COC(=O)C1=C(C(=O)OC)C2=COC=C1[C@H]1O[C@@H]1C(=O)[C@@H]1O[C@@H]21. The van der Waals surface area contributed by atoms with Crippen LogP contribution in [0.3, 0.4) is 0 Å². The third-order valence-corrected chi connectivity index (χ3v) is 4.15. The van der Waals surface area contributed by atoms with Gasteiger partial charge in [0.15, 0.2) is 5.78 Å². The Balaban J connectivity index is 1.95. The first kappa shape index (κ1) is 14.2. The third kappa shape index (κ3) is 1.95. The topological polar surface area (TPSA) is 104 Å². The highest BCUT2D eigenvalue weighted by Crippen LogP contribution is 2.47. The Morgan fingerprint density at radius 1 is 0.870 bits per heavy atom. The van der Waals surface area contributed by atoms with Gasteiger partial charge in [0.05, 0.1) is 37.9 Å². The number of hydrogen-bond donors (Lipinski definition) is 0. The van der Waals surface area contributed by atoms with Crippen molar-refractivity contribution in [2.75, 3.05) is 14.2 Å². The molecule has 3 aliphatic heterocycles. The summed E-state index contributed by atoms with van der Waals surface area (Å²) in [6.45, 7) is 0. The summed E-state index contributed by atoms with van der Waals surface area (Å²) in [5.74, 6) is -1.70. The molecule has 4 atom stereocenters. The van der Waals surface area contributed by atoms with Gasteiger partial charge in [0.2, 0.25) is 0 Å². The highest BCUT2D eigenvalue weighted by atomic mass is 16.6. The molecule has 0 aromatic heterocycles. The molecule has 2 saturated heterocycles. The summed E-state index contributed by atoms with van der Waals surface area (Å²) in [6.07, 6.45) is -0.211. The Kier molecular flexibility index (Phi) is 2.94. The number of carbonyl (C=O) groups is 3. The zero-order valence-electron chi connectivity index (χ0n) is 12.2. The van der Waals surface area contributed by atoms with Gasteiger partial charge in [-0.15, -0.1) is 0 Å². The molecule has 3 heterocycles. The molecule has 0 aromatic carbocycles. The van der Waals surface area contributed by atoms with Gasteiger partial charge in [-0.1, -0.05) is 0 Å². The van der Waals surface area contributed by atoms with Crippen molar-refractivity contribution in [3.63, 3.8) is 0 Å². The number of Topliss-reactive ketones (excluding diaryl/α,β-unsaturated/α-hetero) is 1. The number of fused-ring (bicyclic) bond motifs is 6. The fourth-order valence-corrected chi connectivity index (χ4v) is 2.94. The Bertz CT molecular complexity index is 670. The number of rotatable bonds is 2. The van der Waals surface area contributed by atoms with Crippen molar-refractivity contribution in [1.82, 2.24) is 0 Å². The van der Waals surface area contributed by atoms with Crippen LogP contribution in [0.4, 0.5) is 0 Å². The molecule has 0 N–H and O–H groups in total. The van der Waals surface area contributed by atoms with Gasteiger partial charge < -0.3 is 23.7 Å². The largest absolute Gasteiger partial charge is 0.472 e. The fraction of sp³-hybridized carbons (Fsp3) is 0.400. The third-order valence-electron chi connectivity index (χ3n) is 4.15. The maximum atomic E-state index is 12.3. The van der Waals surface area contributed by atoms with Crippen LogP contribution < -0.4 is 0 Å². The van der Waals surface area contributed by atoms with Crippen LogP contribution in [0.2, 0.25) is 0 Å². The Labute approximate surface area is 130 Å². The van der Waals surface area contributed by atoms with Gasteiger partial charge in [0.25, 0.3) is 0 Å². The van der Waals surface area contributed by atoms with E-state index in [1.54, 1.807) is 0 Å². The number of methoxy groups -OCH3 is 2. The molecule has 0 unspecified atom stereocenters. The first-order valence-electron chi connectivity index (χ1n) is 6.90. The molecular weight excluding hydrogens is 308 g/mol. The maximum Gasteiger partial charge on any atom is 0.339 e. The van der Waals surface area contributed by atoms with Crippen molar-refractivity contribution >= 4 is 17.7 Å². The van der Waals surface area contributed by atoms with Crippen LogP contribution >= 0.6 is 0 Å². The van der Waals surface area contributed by atoms with E-state index in [0.717, 1.165) is 0 Å². The van der Waals surface area contributed by atoms with Crippen LogP contribution in [0.15, 0.2) is 34.8 Å². The Morgan fingerprint density at radius 2 is 1.30 bits per heavy atom. The minimum Gasteiger partial charge on any atom is -0.472 e. The normalized spacial score (nSPS) is 33.6. The summed E-state index contributed by atoms with van der Waals surface area (Å²) < 4.78 is 25.7. The molecule has 8 heteroatoms. The van der Waals surface area contributed by atoms with Crippen molar-refractivity contribution in [1.29, 1.82) is 0 Å². The van der Waals surface area contributed by atoms with Gasteiger partial charge in [0, 0.05) is 11.1 Å². The maximum absolute atomic E-state index is 12.3. The molecule has 0 spiro atoms. The van der Waals surface area contributed by atoms with E-state index >= 15 is 0 Å². The van der Waals surface area contributed by atoms with Crippen molar-refractivity contribution in [2.24, 2.45) is 0 Å². The highest BCUT2D eigenvalue weighted by Gasteiger charge is 2.61.